The predicted molar refractivity (Wildman–Crippen MR) is 170 cm³/mol. The number of aromatic nitrogens is 1. The van der Waals surface area contributed by atoms with Crippen LogP contribution in [0.3, 0.4) is 0 Å². The number of methoxy groups -OCH3 is 4. The molecule has 1 aliphatic carbocycles. The minimum absolute atomic E-state index is 0.0806. The standard InChI is InChI=1S/C35H31NO8S/c1-20-15-22-16-21-11-13-35(29(39)12-14-45-23-9-7-6-8-10-23,32(21)33(43-4)31(22)34(36-20)44-5)30(40)19-26(38)24-17-27(41-2)28(42-3)18-25(24)37/h6-10,15-18,37H,11,13,19H2,1-5H3/t35-/m1/s1. The molecular formula is C35H31NO8S. The molecule has 0 saturated heterocycles. The Morgan fingerprint density at radius 1 is 0.956 bits per heavy atom. The second-order valence-corrected chi connectivity index (χ2v) is 11.3. The van der Waals surface area contributed by atoms with E-state index in [0.717, 1.165) is 33.3 Å². The number of fused-ring (bicyclic) bond motifs is 2. The van der Waals surface area contributed by atoms with Crippen molar-refractivity contribution >= 4 is 39.9 Å². The molecule has 3 aromatic carbocycles. The highest BCUT2D eigenvalue weighted by Crippen LogP contribution is 2.51. The van der Waals surface area contributed by atoms with Gasteiger partial charge in [0.05, 0.1) is 45.8 Å². The van der Waals surface area contributed by atoms with Crippen LogP contribution in [-0.4, -0.2) is 55.9 Å². The summed E-state index contributed by atoms with van der Waals surface area (Å²) in [5.74, 6) is 1.25. The van der Waals surface area contributed by atoms with Crippen molar-refractivity contribution in [2.75, 3.05) is 28.4 Å². The second kappa shape index (κ2) is 12.9. The van der Waals surface area contributed by atoms with E-state index in [2.05, 4.69) is 16.2 Å². The minimum atomic E-state index is -1.82. The van der Waals surface area contributed by atoms with Gasteiger partial charge in [-0.25, -0.2) is 4.98 Å². The third-order valence-corrected chi connectivity index (χ3v) is 8.62. The normalized spacial score (nSPS) is 15.0. The van der Waals surface area contributed by atoms with Crippen LogP contribution in [-0.2, 0) is 21.4 Å². The molecule has 1 heterocycles. The van der Waals surface area contributed by atoms with Crippen LogP contribution in [0.25, 0.3) is 10.8 Å². The fourth-order valence-electron chi connectivity index (χ4n) is 5.85. The molecule has 0 aliphatic heterocycles. The summed E-state index contributed by atoms with van der Waals surface area (Å²) in [6, 6.07) is 15.7. The van der Waals surface area contributed by atoms with Crippen LogP contribution in [0.1, 0.15) is 40.0 Å². The highest BCUT2D eigenvalue weighted by atomic mass is 32.2. The van der Waals surface area contributed by atoms with E-state index in [9.17, 15) is 19.5 Å². The van der Waals surface area contributed by atoms with Gasteiger partial charge in [-0.3, -0.25) is 14.4 Å². The number of benzene rings is 3. The van der Waals surface area contributed by atoms with Crippen LogP contribution in [0.4, 0.5) is 0 Å². The number of pyridine rings is 1. The van der Waals surface area contributed by atoms with E-state index < -0.39 is 29.2 Å². The largest absolute Gasteiger partial charge is 0.507 e. The zero-order valence-corrected chi connectivity index (χ0v) is 26.3. The molecular weight excluding hydrogens is 594 g/mol. The number of nitrogens with zero attached hydrogens (tertiary/aromatic N) is 1. The van der Waals surface area contributed by atoms with Crippen LogP contribution in [0.5, 0.6) is 28.9 Å². The van der Waals surface area contributed by atoms with Gasteiger partial charge in [-0.1, -0.05) is 24.3 Å². The Morgan fingerprint density at radius 3 is 2.33 bits per heavy atom. The fourth-order valence-corrected chi connectivity index (χ4v) is 6.40. The lowest BCUT2D eigenvalue weighted by Crippen LogP contribution is -2.42. The lowest BCUT2D eigenvalue weighted by atomic mass is 9.72. The quantitative estimate of drug-likeness (QED) is 0.103. The van der Waals surface area contributed by atoms with Crippen molar-refractivity contribution in [2.24, 2.45) is 0 Å². The zero-order chi connectivity index (χ0) is 32.3. The summed E-state index contributed by atoms with van der Waals surface area (Å²) in [6.07, 6.45) is -0.240. The number of hydrogen-bond acceptors (Lipinski definition) is 10. The van der Waals surface area contributed by atoms with Crippen molar-refractivity contribution in [1.29, 1.82) is 0 Å². The lowest BCUT2D eigenvalue weighted by molar-refractivity contribution is -0.131. The van der Waals surface area contributed by atoms with Crippen molar-refractivity contribution in [3.05, 3.63) is 77.0 Å². The number of thioether (sulfide) groups is 1. The van der Waals surface area contributed by atoms with Crippen LogP contribution in [0.15, 0.2) is 59.5 Å². The highest BCUT2D eigenvalue weighted by Gasteiger charge is 2.53. The maximum Gasteiger partial charge on any atom is 0.225 e. The molecule has 0 unspecified atom stereocenters. The maximum atomic E-state index is 14.4. The molecule has 5 rings (SSSR count). The molecule has 1 atom stereocenters. The van der Waals surface area contributed by atoms with E-state index in [1.165, 1.54) is 40.6 Å². The summed E-state index contributed by atoms with van der Waals surface area (Å²) in [4.78, 5) is 47.6. The number of ketones is 3. The number of rotatable bonds is 10. The number of phenols is 1. The Balaban J connectivity index is 1.65. The molecule has 10 heteroatoms. The molecule has 0 bridgehead atoms. The first-order valence-corrected chi connectivity index (χ1v) is 14.8. The van der Waals surface area contributed by atoms with Gasteiger partial charge in [0.1, 0.15) is 16.9 Å². The summed E-state index contributed by atoms with van der Waals surface area (Å²) in [6.45, 7) is 1.84. The maximum absolute atomic E-state index is 14.4. The van der Waals surface area contributed by atoms with E-state index >= 15 is 0 Å². The first kappa shape index (κ1) is 31.4. The summed E-state index contributed by atoms with van der Waals surface area (Å²) in [7, 11) is 5.73. The number of ether oxygens (including phenoxy) is 4. The molecule has 9 nitrogen and oxygen atoms in total. The number of aryl methyl sites for hydroxylation is 2. The van der Waals surface area contributed by atoms with E-state index in [1.807, 2.05) is 49.4 Å². The topological polar surface area (TPSA) is 121 Å². The van der Waals surface area contributed by atoms with Crippen LogP contribution < -0.4 is 18.9 Å². The Bertz CT molecular complexity index is 1890. The number of carbonyl (C=O) groups is 3. The van der Waals surface area contributed by atoms with E-state index in [1.54, 1.807) is 0 Å². The van der Waals surface area contributed by atoms with Gasteiger partial charge in [0.15, 0.2) is 23.1 Å². The Kier molecular flexibility index (Phi) is 9.02. The summed E-state index contributed by atoms with van der Waals surface area (Å²) in [5, 5.41) is 14.8. The van der Waals surface area contributed by atoms with Crippen LogP contribution >= 0.6 is 11.8 Å². The van der Waals surface area contributed by atoms with Gasteiger partial charge in [-0.2, -0.15) is 0 Å². The molecule has 0 spiro atoms. The van der Waals surface area contributed by atoms with Gasteiger partial charge < -0.3 is 24.1 Å². The SMILES string of the molecule is COc1cc(O)c(C(=O)CC(=O)[C@]2(C(=O)C#CSc3ccccc3)CCc3cc4cc(C)nc(OC)c4c(OC)c32)cc1OC. The number of Topliss-reactive ketones (excluding diaryl/α,β-unsaturated/α-hetero) is 3. The van der Waals surface area contributed by atoms with Gasteiger partial charge in [0.2, 0.25) is 11.7 Å². The average Bonchev–Trinajstić information content (AvgIpc) is 3.43. The second-order valence-electron chi connectivity index (χ2n) is 10.4. The molecule has 1 aromatic heterocycles. The van der Waals surface area contributed by atoms with Crippen molar-refractivity contribution < 1.29 is 38.4 Å². The monoisotopic (exact) mass is 625 g/mol. The molecule has 4 aromatic rings. The van der Waals surface area contributed by atoms with Crippen molar-refractivity contribution in [2.45, 2.75) is 36.5 Å². The third-order valence-electron chi connectivity index (χ3n) is 7.91. The number of aromatic hydroxyl groups is 1. The van der Waals surface area contributed by atoms with Crippen molar-refractivity contribution in [3.8, 4) is 40.1 Å². The number of phenolic OH excluding ortho intramolecular Hbond substituents is 1. The summed E-state index contributed by atoms with van der Waals surface area (Å²) < 4.78 is 22.0. The fraction of sp³-hybridized carbons (Fsp3) is 0.257. The molecule has 0 radical (unpaired) electrons. The smallest absolute Gasteiger partial charge is 0.225 e. The Morgan fingerprint density at radius 2 is 1.67 bits per heavy atom. The molecule has 0 saturated carbocycles. The molecule has 45 heavy (non-hydrogen) atoms. The molecule has 1 aliphatic rings. The summed E-state index contributed by atoms with van der Waals surface area (Å²) >= 11 is 1.16. The van der Waals surface area contributed by atoms with Crippen LogP contribution in [0.2, 0.25) is 0 Å². The highest BCUT2D eigenvalue weighted by molar-refractivity contribution is 8.04. The predicted octanol–water partition coefficient (Wildman–Crippen LogP) is 5.63. The van der Waals surface area contributed by atoms with Crippen LogP contribution in [0, 0.1) is 18.1 Å². The first-order chi connectivity index (χ1) is 21.7. The molecule has 0 amide bonds. The third kappa shape index (κ3) is 5.67. The number of hydrogen-bond donors (Lipinski definition) is 1. The van der Waals surface area contributed by atoms with Gasteiger partial charge in [0.25, 0.3) is 0 Å². The Hall–Kier alpha value is -5.01. The molecule has 230 valence electrons. The molecule has 0 fully saturated rings. The van der Waals surface area contributed by atoms with Crippen molar-refractivity contribution in [1.82, 2.24) is 4.98 Å². The van der Waals surface area contributed by atoms with E-state index in [-0.39, 0.29) is 40.9 Å². The van der Waals surface area contributed by atoms with E-state index in [0.29, 0.717) is 17.4 Å². The lowest BCUT2D eigenvalue weighted by Gasteiger charge is -2.27. The Labute approximate surface area is 264 Å². The summed E-state index contributed by atoms with van der Waals surface area (Å²) in [5.41, 5.74) is -0.162. The molecule has 1 N–H and O–H groups in total. The minimum Gasteiger partial charge on any atom is -0.507 e. The van der Waals surface area contributed by atoms with E-state index in [4.69, 9.17) is 18.9 Å². The zero-order valence-electron chi connectivity index (χ0n) is 25.5. The first-order valence-electron chi connectivity index (χ1n) is 14.0. The average molecular weight is 626 g/mol. The number of carbonyl (C=O) groups excluding carboxylic acids is 3. The van der Waals surface area contributed by atoms with Gasteiger partial charge >= 0.3 is 0 Å². The van der Waals surface area contributed by atoms with Gasteiger partial charge in [-0.15, -0.1) is 0 Å². The van der Waals surface area contributed by atoms with Gasteiger partial charge in [0, 0.05) is 22.2 Å². The van der Waals surface area contributed by atoms with Crippen molar-refractivity contribution in [3.63, 3.8) is 0 Å². The van der Waals surface area contributed by atoms with Gasteiger partial charge in [-0.05, 0) is 77.9 Å².